The molecule has 0 aliphatic rings. The van der Waals surface area contributed by atoms with Gasteiger partial charge >= 0.3 is 0 Å². The monoisotopic (exact) mass is 390 g/mol. The van der Waals surface area contributed by atoms with Crippen LogP contribution in [-0.2, 0) is 6.42 Å². The summed E-state index contributed by atoms with van der Waals surface area (Å²) < 4.78 is 5.34. The molecule has 1 N–H and O–H groups in total. The van der Waals surface area contributed by atoms with Gasteiger partial charge in [0, 0.05) is 18.8 Å². The molecule has 2 aromatic carbocycles. The third kappa shape index (κ3) is 5.10. The zero-order chi connectivity index (χ0) is 20.6. The number of hydrogen-bond acceptors (Lipinski definition) is 5. The second-order valence-electron chi connectivity index (χ2n) is 6.68. The van der Waals surface area contributed by atoms with Crippen LogP contribution in [0.5, 0.6) is 5.75 Å². The predicted molar refractivity (Wildman–Crippen MR) is 115 cm³/mol. The standard InChI is InChI=1S/C23H26N4O2/c1-4-27(19-10-7-8-17(2)16-19)22-13-12-20(25-26-22)23(28)24-15-14-18-9-5-6-11-21(18)29-3/h5-13,16H,4,14-15H2,1-3H3,(H,24,28). The van der Waals surface area contributed by atoms with Gasteiger partial charge in [-0.3, -0.25) is 4.79 Å². The molecule has 0 spiro atoms. The van der Waals surface area contributed by atoms with Crippen LogP contribution in [-0.4, -0.2) is 36.3 Å². The smallest absolute Gasteiger partial charge is 0.271 e. The van der Waals surface area contributed by atoms with E-state index in [-0.39, 0.29) is 5.91 Å². The molecule has 6 nitrogen and oxygen atoms in total. The number of aryl methyl sites for hydroxylation is 1. The van der Waals surface area contributed by atoms with Crippen molar-refractivity contribution in [1.29, 1.82) is 0 Å². The average molecular weight is 390 g/mol. The van der Waals surface area contributed by atoms with Crippen LogP contribution in [0.25, 0.3) is 0 Å². The van der Waals surface area contributed by atoms with Gasteiger partial charge < -0.3 is 15.0 Å². The molecule has 0 unspecified atom stereocenters. The Morgan fingerprint density at radius 1 is 1.07 bits per heavy atom. The first-order chi connectivity index (χ1) is 14.1. The highest BCUT2D eigenvalue weighted by Gasteiger charge is 2.13. The van der Waals surface area contributed by atoms with Crippen LogP contribution in [0.1, 0.15) is 28.5 Å². The highest BCUT2D eigenvalue weighted by molar-refractivity contribution is 5.92. The van der Waals surface area contributed by atoms with Crippen LogP contribution >= 0.6 is 0 Å². The SMILES string of the molecule is CCN(c1cccc(C)c1)c1ccc(C(=O)NCCc2ccccc2OC)nn1. The molecule has 0 aliphatic carbocycles. The van der Waals surface area contributed by atoms with Crippen molar-refractivity contribution in [2.45, 2.75) is 20.3 Å². The summed E-state index contributed by atoms with van der Waals surface area (Å²) in [6.45, 7) is 5.36. The molecule has 6 heteroatoms. The summed E-state index contributed by atoms with van der Waals surface area (Å²) in [4.78, 5) is 14.5. The fourth-order valence-electron chi connectivity index (χ4n) is 3.17. The summed E-state index contributed by atoms with van der Waals surface area (Å²) in [6, 6.07) is 19.5. The molecule has 0 fully saturated rings. The average Bonchev–Trinajstić information content (AvgIpc) is 2.75. The topological polar surface area (TPSA) is 67.4 Å². The first-order valence-electron chi connectivity index (χ1n) is 9.70. The number of ether oxygens (including phenoxy) is 1. The van der Waals surface area contributed by atoms with Crippen molar-refractivity contribution in [2.75, 3.05) is 25.1 Å². The highest BCUT2D eigenvalue weighted by atomic mass is 16.5. The highest BCUT2D eigenvalue weighted by Crippen LogP contribution is 2.23. The molecule has 0 saturated carbocycles. The maximum atomic E-state index is 12.4. The van der Waals surface area contributed by atoms with Crippen LogP contribution in [0.2, 0.25) is 0 Å². The number of carbonyl (C=O) groups excluding carboxylic acids is 1. The van der Waals surface area contributed by atoms with E-state index in [2.05, 4.69) is 46.4 Å². The van der Waals surface area contributed by atoms with Gasteiger partial charge in [-0.05, 0) is 61.7 Å². The molecule has 150 valence electrons. The van der Waals surface area contributed by atoms with E-state index in [0.29, 0.717) is 24.5 Å². The lowest BCUT2D eigenvalue weighted by Gasteiger charge is -2.22. The Kier molecular flexibility index (Phi) is 6.79. The van der Waals surface area contributed by atoms with Gasteiger partial charge in [0.2, 0.25) is 0 Å². The van der Waals surface area contributed by atoms with Gasteiger partial charge in [0.25, 0.3) is 5.91 Å². The van der Waals surface area contributed by atoms with Crippen LogP contribution < -0.4 is 15.0 Å². The van der Waals surface area contributed by atoms with Crippen LogP contribution in [0.4, 0.5) is 11.5 Å². The van der Waals surface area contributed by atoms with E-state index in [1.165, 1.54) is 5.56 Å². The molecule has 1 amide bonds. The molecule has 3 aromatic rings. The first-order valence-corrected chi connectivity index (χ1v) is 9.70. The van der Waals surface area contributed by atoms with Crippen LogP contribution in [0, 0.1) is 6.92 Å². The van der Waals surface area contributed by atoms with Crippen LogP contribution in [0.3, 0.4) is 0 Å². The summed E-state index contributed by atoms with van der Waals surface area (Å²) in [7, 11) is 1.64. The second-order valence-corrected chi connectivity index (χ2v) is 6.68. The van der Waals surface area contributed by atoms with Crippen molar-refractivity contribution in [3.8, 4) is 5.75 Å². The fourth-order valence-corrected chi connectivity index (χ4v) is 3.17. The summed E-state index contributed by atoms with van der Waals surface area (Å²) >= 11 is 0. The van der Waals surface area contributed by atoms with Gasteiger partial charge in [-0.25, -0.2) is 0 Å². The van der Waals surface area contributed by atoms with Crippen molar-refractivity contribution in [3.05, 3.63) is 77.5 Å². The molecule has 0 radical (unpaired) electrons. The number of methoxy groups -OCH3 is 1. The summed E-state index contributed by atoms with van der Waals surface area (Å²) in [5, 5.41) is 11.3. The van der Waals surface area contributed by atoms with E-state index >= 15 is 0 Å². The zero-order valence-electron chi connectivity index (χ0n) is 17.1. The van der Waals surface area contributed by atoms with Crippen molar-refractivity contribution >= 4 is 17.4 Å². The Morgan fingerprint density at radius 3 is 2.59 bits per heavy atom. The summed E-state index contributed by atoms with van der Waals surface area (Å²) in [5.74, 6) is 1.29. The van der Waals surface area contributed by atoms with Gasteiger partial charge in [-0.15, -0.1) is 10.2 Å². The second kappa shape index (κ2) is 9.68. The number of amides is 1. The Morgan fingerprint density at radius 2 is 1.90 bits per heavy atom. The third-order valence-electron chi connectivity index (χ3n) is 4.66. The van der Waals surface area contributed by atoms with E-state index in [1.807, 2.05) is 42.5 Å². The van der Waals surface area contributed by atoms with Gasteiger partial charge in [0.05, 0.1) is 7.11 Å². The lowest BCUT2D eigenvalue weighted by atomic mass is 10.1. The van der Waals surface area contributed by atoms with Gasteiger partial charge in [0.15, 0.2) is 11.5 Å². The molecule has 1 aromatic heterocycles. The minimum atomic E-state index is -0.238. The number of nitrogens with zero attached hydrogens (tertiary/aromatic N) is 3. The minimum Gasteiger partial charge on any atom is -0.496 e. The van der Waals surface area contributed by atoms with Gasteiger partial charge in [-0.2, -0.15) is 0 Å². The van der Waals surface area contributed by atoms with Crippen molar-refractivity contribution in [1.82, 2.24) is 15.5 Å². The number of carbonyl (C=O) groups is 1. The minimum absolute atomic E-state index is 0.238. The number of rotatable bonds is 8. The molecule has 3 rings (SSSR count). The van der Waals surface area contributed by atoms with Crippen molar-refractivity contribution in [3.63, 3.8) is 0 Å². The van der Waals surface area contributed by atoms with E-state index in [9.17, 15) is 4.79 Å². The normalized spacial score (nSPS) is 10.4. The molecular weight excluding hydrogens is 364 g/mol. The number of hydrogen-bond donors (Lipinski definition) is 1. The number of para-hydroxylation sites is 1. The quantitative estimate of drug-likeness (QED) is 0.631. The maximum absolute atomic E-state index is 12.4. The zero-order valence-corrected chi connectivity index (χ0v) is 17.1. The molecule has 0 saturated heterocycles. The molecular formula is C23H26N4O2. The molecule has 0 aliphatic heterocycles. The van der Waals surface area contributed by atoms with Gasteiger partial charge in [-0.1, -0.05) is 30.3 Å². The maximum Gasteiger partial charge on any atom is 0.271 e. The molecule has 0 bridgehead atoms. The molecule has 0 atom stereocenters. The van der Waals surface area contributed by atoms with E-state index in [1.54, 1.807) is 13.2 Å². The van der Waals surface area contributed by atoms with Crippen molar-refractivity contribution in [2.24, 2.45) is 0 Å². The number of aromatic nitrogens is 2. The Bertz CT molecular complexity index is 957. The van der Waals surface area contributed by atoms with Crippen LogP contribution in [0.15, 0.2) is 60.7 Å². The number of benzene rings is 2. The fraction of sp³-hybridized carbons (Fsp3) is 0.261. The van der Waals surface area contributed by atoms with Crippen molar-refractivity contribution < 1.29 is 9.53 Å². The lowest BCUT2D eigenvalue weighted by Crippen LogP contribution is -2.27. The molecule has 29 heavy (non-hydrogen) atoms. The summed E-state index contributed by atoms with van der Waals surface area (Å²) in [5.41, 5.74) is 3.58. The van der Waals surface area contributed by atoms with E-state index in [4.69, 9.17) is 4.74 Å². The van der Waals surface area contributed by atoms with E-state index in [0.717, 1.165) is 23.5 Å². The Balaban J connectivity index is 1.62. The third-order valence-corrected chi connectivity index (χ3v) is 4.66. The number of anilines is 2. The number of nitrogens with one attached hydrogen (secondary N) is 1. The Labute approximate surface area is 171 Å². The largest absolute Gasteiger partial charge is 0.496 e. The lowest BCUT2D eigenvalue weighted by molar-refractivity contribution is 0.0948. The Hall–Kier alpha value is -3.41. The first kappa shape index (κ1) is 20.3. The molecule has 1 heterocycles. The predicted octanol–water partition coefficient (Wildman–Crippen LogP) is 3.92. The summed E-state index contributed by atoms with van der Waals surface area (Å²) in [6.07, 6.45) is 0.679. The van der Waals surface area contributed by atoms with E-state index < -0.39 is 0 Å². The van der Waals surface area contributed by atoms with Gasteiger partial charge in [0.1, 0.15) is 5.75 Å².